The first-order valence-electron chi connectivity index (χ1n) is 8.70. The molecule has 2 aromatic carbocycles. The molecule has 7 heteroatoms. The number of rotatable bonds is 7. The van der Waals surface area contributed by atoms with Gasteiger partial charge in [-0.3, -0.25) is 9.59 Å². The first kappa shape index (κ1) is 18.7. The first-order chi connectivity index (χ1) is 13.0. The van der Waals surface area contributed by atoms with Gasteiger partial charge < -0.3 is 25.0 Å². The van der Waals surface area contributed by atoms with Crippen LogP contribution >= 0.6 is 0 Å². The Balaban J connectivity index is 1.49. The van der Waals surface area contributed by atoms with Crippen molar-refractivity contribution < 1.29 is 19.1 Å². The molecule has 2 N–H and O–H groups in total. The van der Waals surface area contributed by atoms with E-state index in [-0.39, 0.29) is 31.2 Å². The zero-order chi connectivity index (χ0) is 19.2. The number of nitrogens with zero attached hydrogens (tertiary/aromatic N) is 1. The molecular formula is C20H23N3O4. The summed E-state index contributed by atoms with van der Waals surface area (Å²) in [6.07, 6.45) is 0. The number of carbonyl (C=O) groups is 2. The Morgan fingerprint density at radius 1 is 1.04 bits per heavy atom. The maximum Gasteiger partial charge on any atom is 0.251 e. The molecule has 1 aliphatic rings. The maximum absolute atomic E-state index is 12.2. The lowest BCUT2D eigenvalue weighted by Crippen LogP contribution is -2.40. The minimum atomic E-state index is -0.337. The molecule has 0 saturated heterocycles. The van der Waals surface area contributed by atoms with Gasteiger partial charge in [0.25, 0.3) is 5.91 Å². The summed E-state index contributed by atoms with van der Waals surface area (Å²) in [5.74, 6) is 0.561. The van der Waals surface area contributed by atoms with Crippen LogP contribution in [0.1, 0.15) is 22.0 Å². The molecule has 7 nitrogen and oxygen atoms in total. The fourth-order valence-electron chi connectivity index (χ4n) is 2.85. The van der Waals surface area contributed by atoms with Gasteiger partial charge in [0, 0.05) is 12.1 Å². The average molecular weight is 369 g/mol. The molecule has 0 unspecified atom stereocenters. The zero-order valence-corrected chi connectivity index (χ0v) is 15.4. The Hall–Kier alpha value is -3.06. The number of likely N-dealkylation sites (N-methyl/N-ethyl adjacent to an activating group) is 1. The maximum atomic E-state index is 12.2. The van der Waals surface area contributed by atoms with Crippen molar-refractivity contribution >= 4 is 11.8 Å². The Kier molecular flexibility index (Phi) is 5.93. The van der Waals surface area contributed by atoms with Crippen LogP contribution in [0.15, 0.2) is 48.5 Å². The van der Waals surface area contributed by atoms with Gasteiger partial charge >= 0.3 is 0 Å². The molecule has 0 spiro atoms. The number of amides is 2. The quantitative estimate of drug-likeness (QED) is 0.774. The van der Waals surface area contributed by atoms with E-state index in [0.717, 1.165) is 5.56 Å². The van der Waals surface area contributed by atoms with E-state index in [1.807, 2.05) is 49.3 Å². The smallest absolute Gasteiger partial charge is 0.251 e. The highest BCUT2D eigenvalue weighted by Crippen LogP contribution is 2.32. The van der Waals surface area contributed by atoms with E-state index in [2.05, 4.69) is 10.6 Å². The van der Waals surface area contributed by atoms with Crippen molar-refractivity contribution in [2.45, 2.75) is 6.04 Å². The predicted octanol–water partition coefficient (Wildman–Crippen LogP) is 1.56. The fraction of sp³-hybridized carbons (Fsp3) is 0.300. The number of ether oxygens (including phenoxy) is 2. The number of nitrogens with one attached hydrogen (secondary N) is 2. The summed E-state index contributed by atoms with van der Waals surface area (Å²) in [7, 11) is 3.93. The number of benzene rings is 2. The van der Waals surface area contributed by atoms with Crippen LogP contribution in [-0.2, 0) is 4.79 Å². The Morgan fingerprint density at radius 2 is 1.78 bits per heavy atom. The van der Waals surface area contributed by atoms with Gasteiger partial charge in [0.05, 0.1) is 12.6 Å². The highest BCUT2D eigenvalue weighted by Gasteiger charge is 2.18. The lowest BCUT2D eigenvalue weighted by atomic mass is 10.1. The molecule has 2 amide bonds. The van der Waals surface area contributed by atoms with E-state index in [9.17, 15) is 9.59 Å². The Morgan fingerprint density at radius 3 is 2.52 bits per heavy atom. The van der Waals surface area contributed by atoms with Crippen LogP contribution in [0, 0.1) is 0 Å². The third-order valence-electron chi connectivity index (χ3n) is 4.34. The summed E-state index contributed by atoms with van der Waals surface area (Å²) in [4.78, 5) is 26.4. The van der Waals surface area contributed by atoms with Gasteiger partial charge in [0.1, 0.15) is 0 Å². The van der Waals surface area contributed by atoms with Crippen LogP contribution in [0.3, 0.4) is 0 Å². The summed E-state index contributed by atoms with van der Waals surface area (Å²) in [6.45, 7) is 0.509. The van der Waals surface area contributed by atoms with Crippen molar-refractivity contribution in [1.82, 2.24) is 15.5 Å². The second kappa shape index (κ2) is 8.55. The molecule has 2 aromatic rings. The van der Waals surface area contributed by atoms with E-state index in [1.165, 1.54) is 0 Å². The van der Waals surface area contributed by atoms with Gasteiger partial charge in [0.2, 0.25) is 12.7 Å². The van der Waals surface area contributed by atoms with Gasteiger partial charge in [-0.1, -0.05) is 30.3 Å². The molecule has 0 fully saturated rings. The van der Waals surface area contributed by atoms with E-state index in [4.69, 9.17) is 9.47 Å². The largest absolute Gasteiger partial charge is 0.454 e. The molecule has 0 bridgehead atoms. The molecule has 142 valence electrons. The molecule has 27 heavy (non-hydrogen) atoms. The van der Waals surface area contributed by atoms with Gasteiger partial charge in [-0.05, 0) is 37.9 Å². The van der Waals surface area contributed by atoms with Gasteiger partial charge in [-0.25, -0.2) is 0 Å². The number of hydrogen-bond donors (Lipinski definition) is 2. The van der Waals surface area contributed by atoms with E-state index >= 15 is 0 Å². The van der Waals surface area contributed by atoms with Crippen molar-refractivity contribution in [3.05, 3.63) is 59.7 Å². The van der Waals surface area contributed by atoms with E-state index in [1.54, 1.807) is 18.2 Å². The Bertz CT molecular complexity index is 808. The van der Waals surface area contributed by atoms with Crippen LogP contribution in [0.5, 0.6) is 11.5 Å². The summed E-state index contributed by atoms with van der Waals surface area (Å²) in [5, 5.41) is 5.49. The van der Waals surface area contributed by atoms with Crippen molar-refractivity contribution in [3.63, 3.8) is 0 Å². The zero-order valence-electron chi connectivity index (χ0n) is 15.4. The molecule has 0 aliphatic carbocycles. The third-order valence-corrected chi connectivity index (χ3v) is 4.34. The number of hydrogen-bond acceptors (Lipinski definition) is 5. The highest BCUT2D eigenvalue weighted by atomic mass is 16.7. The van der Waals surface area contributed by atoms with Crippen LogP contribution in [0.4, 0.5) is 0 Å². The highest BCUT2D eigenvalue weighted by molar-refractivity contribution is 5.97. The van der Waals surface area contributed by atoms with Crippen LogP contribution in [0.25, 0.3) is 0 Å². The topological polar surface area (TPSA) is 79.9 Å². The summed E-state index contributed by atoms with van der Waals surface area (Å²) in [5.41, 5.74) is 1.54. The normalized spacial score (nSPS) is 13.3. The van der Waals surface area contributed by atoms with Crippen molar-refractivity contribution in [3.8, 4) is 11.5 Å². The second-order valence-electron chi connectivity index (χ2n) is 6.44. The molecule has 1 aliphatic heterocycles. The number of carbonyl (C=O) groups excluding carboxylic acids is 2. The summed E-state index contributed by atoms with van der Waals surface area (Å²) >= 11 is 0. The molecule has 0 aromatic heterocycles. The van der Waals surface area contributed by atoms with E-state index < -0.39 is 0 Å². The van der Waals surface area contributed by atoms with Crippen molar-refractivity contribution in [2.24, 2.45) is 0 Å². The lowest BCUT2D eigenvalue weighted by molar-refractivity contribution is -0.120. The standard InChI is InChI=1S/C20H23N3O4/c1-23(2)16(14-6-4-3-5-7-14)11-21-19(24)12-22-20(25)15-8-9-17-18(10-15)27-13-26-17/h3-10,16H,11-13H2,1-2H3,(H,21,24)(H,22,25)/t16-/m1/s1. The molecule has 0 radical (unpaired) electrons. The number of fused-ring (bicyclic) bond motifs is 1. The monoisotopic (exact) mass is 369 g/mol. The van der Waals surface area contributed by atoms with Gasteiger partial charge in [-0.2, -0.15) is 0 Å². The first-order valence-corrected chi connectivity index (χ1v) is 8.70. The SMILES string of the molecule is CN(C)[C@H](CNC(=O)CNC(=O)c1ccc2c(c1)OCO2)c1ccccc1. The summed E-state index contributed by atoms with van der Waals surface area (Å²) in [6, 6.07) is 14.9. The van der Waals surface area contributed by atoms with Crippen molar-refractivity contribution in [2.75, 3.05) is 34.0 Å². The minimum absolute atomic E-state index is 0.0553. The summed E-state index contributed by atoms with van der Waals surface area (Å²) < 4.78 is 10.5. The molecular weight excluding hydrogens is 346 g/mol. The van der Waals surface area contributed by atoms with Gasteiger partial charge in [0.15, 0.2) is 11.5 Å². The molecule has 3 rings (SSSR count). The average Bonchev–Trinajstić information content (AvgIpc) is 3.14. The third kappa shape index (κ3) is 4.77. The van der Waals surface area contributed by atoms with Crippen LogP contribution < -0.4 is 20.1 Å². The van der Waals surface area contributed by atoms with Crippen LogP contribution in [0.2, 0.25) is 0 Å². The Labute approximate surface area is 158 Å². The van der Waals surface area contributed by atoms with Crippen molar-refractivity contribution in [1.29, 1.82) is 0 Å². The lowest BCUT2D eigenvalue weighted by Gasteiger charge is -2.25. The van der Waals surface area contributed by atoms with Gasteiger partial charge in [-0.15, -0.1) is 0 Å². The second-order valence-corrected chi connectivity index (χ2v) is 6.44. The molecule has 1 heterocycles. The minimum Gasteiger partial charge on any atom is -0.454 e. The van der Waals surface area contributed by atoms with E-state index in [0.29, 0.717) is 23.6 Å². The van der Waals surface area contributed by atoms with Crippen LogP contribution in [-0.4, -0.2) is 50.7 Å². The molecule has 1 atom stereocenters. The predicted molar refractivity (Wildman–Crippen MR) is 101 cm³/mol. The molecule has 0 saturated carbocycles. The fourth-order valence-corrected chi connectivity index (χ4v) is 2.85.